The van der Waals surface area contributed by atoms with Gasteiger partial charge in [0.2, 0.25) is 5.88 Å². The molecule has 0 radical (unpaired) electrons. The maximum atomic E-state index is 5.75. The van der Waals surface area contributed by atoms with Crippen LogP contribution >= 0.6 is 0 Å². The summed E-state index contributed by atoms with van der Waals surface area (Å²) in [5.41, 5.74) is 1.10. The number of nitrogens with one attached hydrogen (secondary N) is 1. The van der Waals surface area contributed by atoms with E-state index in [4.69, 9.17) is 14.2 Å². The van der Waals surface area contributed by atoms with Crippen molar-refractivity contribution in [1.29, 1.82) is 0 Å². The molecule has 2 fully saturated rings. The van der Waals surface area contributed by atoms with Crippen molar-refractivity contribution in [3.05, 3.63) is 23.9 Å². The minimum absolute atomic E-state index is 0.274. The summed E-state index contributed by atoms with van der Waals surface area (Å²) in [5, 5.41) is 3.59. The van der Waals surface area contributed by atoms with Crippen LogP contribution in [0.25, 0.3) is 0 Å². The Morgan fingerprint density at radius 3 is 2.80 bits per heavy atom. The first-order valence-corrected chi connectivity index (χ1v) is 7.30. The van der Waals surface area contributed by atoms with Crippen LogP contribution in [-0.4, -0.2) is 37.1 Å². The second-order valence-corrected chi connectivity index (χ2v) is 5.43. The fourth-order valence-electron chi connectivity index (χ4n) is 3.04. The van der Waals surface area contributed by atoms with Gasteiger partial charge in [-0.05, 0) is 18.9 Å². The first kappa shape index (κ1) is 13.8. The molecule has 0 aromatic carbocycles. The lowest BCUT2D eigenvalue weighted by molar-refractivity contribution is -0.179. The Morgan fingerprint density at radius 1 is 1.35 bits per heavy atom. The molecule has 5 nitrogen and oxygen atoms in total. The Balaban J connectivity index is 1.50. The zero-order valence-corrected chi connectivity index (χ0v) is 11.9. The summed E-state index contributed by atoms with van der Waals surface area (Å²) < 4.78 is 16.8. The molecule has 5 heteroatoms. The summed E-state index contributed by atoms with van der Waals surface area (Å²) in [4.78, 5) is 4.22. The SMILES string of the molecule is COc1ncccc1CNC1CCC2(CC1)OCCO2. The topological polar surface area (TPSA) is 52.6 Å². The number of aromatic nitrogens is 1. The average Bonchev–Trinajstić information content (AvgIpc) is 2.95. The molecule has 110 valence electrons. The van der Waals surface area contributed by atoms with Crippen molar-refractivity contribution in [2.24, 2.45) is 0 Å². The highest BCUT2D eigenvalue weighted by Gasteiger charge is 2.40. The number of rotatable bonds is 4. The smallest absolute Gasteiger partial charge is 0.217 e. The number of hydrogen-bond donors (Lipinski definition) is 1. The van der Waals surface area contributed by atoms with E-state index in [0.717, 1.165) is 51.0 Å². The Bertz CT molecular complexity index is 436. The van der Waals surface area contributed by atoms with Gasteiger partial charge in [0.1, 0.15) is 0 Å². The summed E-state index contributed by atoms with van der Waals surface area (Å²) in [7, 11) is 1.66. The van der Waals surface area contributed by atoms with Crippen LogP contribution in [0.1, 0.15) is 31.2 Å². The first-order chi connectivity index (χ1) is 9.81. The largest absolute Gasteiger partial charge is 0.481 e. The molecule has 1 saturated carbocycles. The standard InChI is InChI=1S/C15H22N2O3/c1-18-14-12(3-2-8-16-14)11-17-13-4-6-15(7-5-13)19-9-10-20-15/h2-3,8,13,17H,4-7,9-11H2,1H3. The lowest BCUT2D eigenvalue weighted by Crippen LogP contribution is -2.41. The van der Waals surface area contributed by atoms with E-state index in [-0.39, 0.29) is 5.79 Å². The molecule has 1 N–H and O–H groups in total. The minimum atomic E-state index is -0.274. The molecule has 1 aliphatic heterocycles. The van der Waals surface area contributed by atoms with E-state index in [1.165, 1.54) is 0 Å². The van der Waals surface area contributed by atoms with Gasteiger partial charge in [0.15, 0.2) is 5.79 Å². The summed E-state index contributed by atoms with van der Waals surface area (Å²) in [6, 6.07) is 4.50. The molecule has 0 amide bonds. The fraction of sp³-hybridized carbons (Fsp3) is 0.667. The minimum Gasteiger partial charge on any atom is -0.481 e. The molecule has 3 rings (SSSR count). The molecule has 1 saturated heterocycles. The van der Waals surface area contributed by atoms with Crippen molar-refractivity contribution >= 4 is 0 Å². The normalized spacial score (nSPS) is 22.2. The van der Waals surface area contributed by atoms with Gasteiger partial charge in [-0.2, -0.15) is 0 Å². The summed E-state index contributed by atoms with van der Waals surface area (Å²) in [6.45, 7) is 2.27. The summed E-state index contributed by atoms with van der Waals surface area (Å²) in [6.07, 6.45) is 5.89. The number of hydrogen-bond acceptors (Lipinski definition) is 5. The van der Waals surface area contributed by atoms with Crippen LogP contribution in [0.15, 0.2) is 18.3 Å². The molecule has 1 aromatic rings. The number of pyridine rings is 1. The van der Waals surface area contributed by atoms with E-state index in [9.17, 15) is 0 Å². The van der Waals surface area contributed by atoms with Crippen molar-refractivity contribution in [1.82, 2.24) is 10.3 Å². The molecule has 20 heavy (non-hydrogen) atoms. The highest BCUT2D eigenvalue weighted by atomic mass is 16.7. The fourth-order valence-corrected chi connectivity index (χ4v) is 3.04. The first-order valence-electron chi connectivity index (χ1n) is 7.30. The molecular formula is C15H22N2O3. The Morgan fingerprint density at radius 2 is 2.10 bits per heavy atom. The van der Waals surface area contributed by atoms with Gasteiger partial charge in [-0.15, -0.1) is 0 Å². The van der Waals surface area contributed by atoms with Crippen molar-refractivity contribution in [3.8, 4) is 5.88 Å². The van der Waals surface area contributed by atoms with E-state index < -0.39 is 0 Å². The number of ether oxygens (including phenoxy) is 3. The van der Waals surface area contributed by atoms with E-state index in [1.54, 1.807) is 13.3 Å². The van der Waals surface area contributed by atoms with Crippen molar-refractivity contribution in [2.45, 2.75) is 44.1 Å². The summed E-state index contributed by atoms with van der Waals surface area (Å²) >= 11 is 0. The van der Waals surface area contributed by atoms with Crippen LogP contribution in [0.3, 0.4) is 0 Å². The zero-order valence-electron chi connectivity index (χ0n) is 11.9. The molecule has 2 heterocycles. The maximum absolute atomic E-state index is 5.75. The molecule has 1 aromatic heterocycles. The third-order valence-corrected chi connectivity index (χ3v) is 4.19. The van der Waals surface area contributed by atoms with Gasteiger partial charge in [-0.25, -0.2) is 4.98 Å². The lowest BCUT2D eigenvalue weighted by Gasteiger charge is -2.35. The van der Waals surface area contributed by atoms with E-state index in [0.29, 0.717) is 11.9 Å². The molecule has 1 spiro atoms. The van der Waals surface area contributed by atoms with E-state index in [2.05, 4.69) is 10.3 Å². The average molecular weight is 278 g/mol. The van der Waals surface area contributed by atoms with Crippen LogP contribution in [-0.2, 0) is 16.0 Å². The van der Waals surface area contributed by atoms with Gasteiger partial charge in [0.05, 0.1) is 20.3 Å². The second kappa shape index (κ2) is 6.08. The van der Waals surface area contributed by atoms with Crippen LogP contribution in [0.4, 0.5) is 0 Å². The molecule has 1 aliphatic carbocycles. The predicted molar refractivity (Wildman–Crippen MR) is 74.5 cm³/mol. The second-order valence-electron chi connectivity index (χ2n) is 5.43. The molecule has 2 aliphatic rings. The molecule has 0 bridgehead atoms. The predicted octanol–water partition coefficient (Wildman–Crippen LogP) is 1.87. The van der Waals surface area contributed by atoms with Crippen LogP contribution in [0, 0.1) is 0 Å². The number of methoxy groups -OCH3 is 1. The van der Waals surface area contributed by atoms with E-state index >= 15 is 0 Å². The van der Waals surface area contributed by atoms with Gasteiger partial charge >= 0.3 is 0 Å². The summed E-state index contributed by atoms with van der Waals surface area (Å²) in [5.74, 6) is 0.430. The zero-order chi connectivity index (χ0) is 13.8. The highest BCUT2D eigenvalue weighted by Crippen LogP contribution is 2.35. The third-order valence-electron chi connectivity index (χ3n) is 4.19. The lowest BCUT2D eigenvalue weighted by atomic mass is 9.90. The van der Waals surface area contributed by atoms with Crippen molar-refractivity contribution < 1.29 is 14.2 Å². The van der Waals surface area contributed by atoms with Crippen LogP contribution in [0.5, 0.6) is 5.88 Å². The van der Waals surface area contributed by atoms with Crippen molar-refractivity contribution in [3.63, 3.8) is 0 Å². The molecular weight excluding hydrogens is 256 g/mol. The van der Waals surface area contributed by atoms with E-state index in [1.807, 2.05) is 12.1 Å². The van der Waals surface area contributed by atoms with Crippen LogP contribution in [0.2, 0.25) is 0 Å². The highest BCUT2D eigenvalue weighted by molar-refractivity contribution is 5.25. The molecule has 0 atom stereocenters. The number of nitrogens with zero attached hydrogens (tertiary/aromatic N) is 1. The van der Waals surface area contributed by atoms with Gasteiger partial charge in [0.25, 0.3) is 0 Å². The third kappa shape index (κ3) is 2.95. The van der Waals surface area contributed by atoms with Gasteiger partial charge < -0.3 is 19.5 Å². The maximum Gasteiger partial charge on any atom is 0.217 e. The molecule has 0 unspecified atom stereocenters. The van der Waals surface area contributed by atoms with Gasteiger partial charge in [0, 0.05) is 37.2 Å². The monoisotopic (exact) mass is 278 g/mol. The Hall–Kier alpha value is -1.17. The Labute approximate surface area is 119 Å². The van der Waals surface area contributed by atoms with Crippen LogP contribution < -0.4 is 10.1 Å². The van der Waals surface area contributed by atoms with Crippen molar-refractivity contribution in [2.75, 3.05) is 20.3 Å². The van der Waals surface area contributed by atoms with Gasteiger partial charge in [-0.1, -0.05) is 6.07 Å². The van der Waals surface area contributed by atoms with Gasteiger partial charge in [-0.3, -0.25) is 0 Å². The quantitative estimate of drug-likeness (QED) is 0.911. The Kier molecular flexibility index (Phi) is 4.19.